The molecule has 1 N–H and O–H groups in total. The first-order valence-electron chi connectivity index (χ1n) is 4.89. The van der Waals surface area contributed by atoms with Gasteiger partial charge in [-0.1, -0.05) is 13.3 Å². The molecule has 0 fully saturated rings. The van der Waals surface area contributed by atoms with Crippen LogP contribution in [0.1, 0.15) is 43.4 Å². The van der Waals surface area contributed by atoms with Gasteiger partial charge >= 0.3 is 0 Å². The zero-order valence-corrected chi connectivity index (χ0v) is 9.45. The van der Waals surface area contributed by atoms with E-state index in [9.17, 15) is 0 Å². The van der Waals surface area contributed by atoms with Crippen molar-refractivity contribution >= 4 is 11.3 Å². The number of hydrogen-bond acceptors (Lipinski definition) is 3. The Morgan fingerprint density at radius 1 is 1.62 bits per heavy atom. The van der Waals surface area contributed by atoms with Crippen LogP contribution in [0.25, 0.3) is 0 Å². The van der Waals surface area contributed by atoms with Crippen molar-refractivity contribution in [2.75, 3.05) is 6.54 Å². The van der Waals surface area contributed by atoms with E-state index in [0.717, 1.165) is 12.2 Å². The minimum atomic E-state index is 0.408. The van der Waals surface area contributed by atoms with E-state index in [0.29, 0.717) is 6.04 Å². The van der Waals surface area contributed by atoms with Crippen LogP contribution in [-0.4, -0.2) is 11.5 Å². The second-order valence-electron chi connectivity index (χ2n) is 3.36. The van der Waals surface area contributed by atoms with Gasteiger partial charge in [0.1, 0.15) is 5.01 Å². The van der Waals surface area contributed by atoms with E-state index >= 15 is 0 Å². The van der Waals surface area contributed by atoms with Crippen molar-refractivity contribution < 1.29 is 0 Å². The van der Waals surface area contributed by atoms with Gasteiger partial charge in [0.25, 0.3) is 0 Å². The van der Waals surface area contributed by atoms with Gasteiger partial charge in [0.05, 0.1) is 6.04 Å². The molecular formula is C10H18N2S. The van der Waals surface area contributed by atoms with Crippen LogP contribution in [0.4, 0.5) is 0 Å². The molecule has 0 aliphatic heterocycles. The molecule has 13 heavy (non-hydrogen) atoms. The average molecular weight is 198 g/mol. The molecular weight excluding hydrogens is 180 g/mol. The highest BCUT2D eigenvalue weighted by Gasteiger charge is 2.07. The fourth-order valence-electron chi connectivity index (χ4n) is 1.15. The number of aryl methyl sites for hydroxylation is 1. The molecule has 0 aliphatic rings. The van der Waals surface area contributed by atoms with E-state index in [2.05, 4.69) is 29.5 Å². The van der Waals surface area contributed by atoms with Crippen LogP contribution in [0.3, 0.4) is 0 Å². The predicted molar refractivity (Wildman–Crippen MR) is 58.2 cm³/mol. The third kappa shape index (κ3) is 3.44. The number of thiazole rings is 1. The molecule has 1 atom stereocenters. The topological polar surface area (TPSA) is 24.9 Å². The number of unbranched alkanes of at least 4 members (excludes halogenated alkanes) is 1. The molecule has 0 saturated carbocycles. The summed E-state index contributed by atoms with van der Waals surface area (Å²) in [5, 5.41) is 6.77. The van der Waals surface area contributed by atoms with Gasteiger partial charge in [-0.25, -0.2) is 4.98 Å². The maximum Gasteiger partial charge on any atom is 0.110 e. The Morgan fingerprint density at radius 2 is 2.38 bits per heavy atom. The predicted octanol–water partition coefficient (Wildman–Crippen LogP) is 2.90. The molecule has 2 nitrogen and oxygen atoms in total. The summed E-state index contributed by atoms with van der Waals surface area (Å²) in [7, 11) is 0. The number of aromatic nitrogens is 1. The summed E-state index contributed by atoms with van der Waals surface area (Å²) in [5.74, 6) is 0. The van der Waals surface area contributed by atoms with Crippen molar-refractivity contribution in [3.05, 3.63) is 16.1 Å². The number of nitrogens with zero attached hydrogens (tertiary/aromatic N) is 1. The Hall–Kier alpha value is -0.410. The molecule has 0 spiro atoms. The maximum atomic E-state index is 4.45. The molecule has 0 aliphatic carbocycles. The summed E-state index contributed by atoms with van der Waals surface area (Å²) in [6.45, 7) is 7.52. The number of hydrogen-bond donors (Lipinski definition) is 1. The lowest BCUT2D eigenvalue weighted by atomic mass is 10.3. The minimum Gasteiger partial charge on any atom is -0.308 e. The average Bonchev–Trinajstić information content (AvgIpc) is 2.52. The van der Waals surface area contributed by atoms with E-state index in [-0.39, 0.29) is 0 Å². The first-order valence-corrected chi connectivity index (χ1v) is 5.77. The third-order valence-electron chi connectivity index (χ3n) is 1.99. The summed E-state index contributed by atoms with van der Waals surface area (Å²) >= 11 is 1.74. The lowest BCUT2D eigenvalue weighted by Gasteiger charge is -2.09. The molecule has 1 unspecified atom stereocenters. The normalized spacial score (nSPS) is 13.2. The monoisotopic (exact) mass is 198 g/mol. The Labute approximate surface area is 84.4 Å². The Bertz CT molecular complexity index is 245. The number of rotatable bonds is 5. The smallest absolute Gasteiger partial charge is 0.110 e. The lowest BCUT2D eigenvalue weighted by Crippen LogP contribution is -2.19. The van der Waals surface area contributed by atoms with E-state index < -0.39 is 0 Å². The molecule has 0 amide bonds. The van der Waals surface area contributed by atoms with Crippen LogP contribution in [0.5, 0.6) is 0 Å². The summed E-state index contributed by atoms with van der Waals surface area (Å²) in [6.07, 6.45) is 2.49. The van der Waals surface area contributed by atoms with Gasteiger partial charge in [0.2, 0.25) is 0 Å². The summed E-state index contributed by atoms with van der Waals surface area (Å²) in [6, 6.07) is 0.408. The third-order valence-corrected chi connectivity index (χ3v) is 3.13. The highest BCUT2D eigenvalue weighted by atomic mass is 32.1. The molecule has 1 aromatic rings. The fourth-order valence-corrected chi connectivity index (χ4v) is 1.98. The quantitative estimate of drug-likeness (QED) is 0.736. The standard InChI is InChI=1S/C10H18N2S/c1-4-5-6-11-9(3)10-12-8(2)7-13-10/h7,9,11H,4-6H2,1-3H3. The van der Waals surface area contributed by atoms with Crippen LogP contribution >= 0.6 is 11.3 Å². The van der Waals surface area contributed by atoms with Crippen LogP contribution in [0.2, 0.25) is 0 Å². The van der Waals surface area contributed by atoms with Crippen LogP contribution in [0, 0.1) is 6.92 Å². The lowest BCUT2D eigenvalue weighted by molar-refractivity contribution is 0.552. The Morgan fingerprint density at radius 3 is 2.92 bits per heavy atom. The van der Waals surface area contributed by atoms with Gasteiger partial charge in [-0.15, -0.1) is 11.3 Å². The molecule has 0 saturated heterocycles. The van der Waals surface area contributed by atoms with Gasteiger partial charge in [-0.05, 0) is 26.8 Å². The highest BCUT2D eigenvalue weighted by molar-refractivity contribution is 7.09. The van der Waals surface area contributed by atoms with Crippen LogP contribution in [-0.2, 0) is 0 Å². The van der Waals surface area contributed by atoms with Crippen molar-refractivity contribution in [1.29, 1.82) is 0 Å². The van der Waals surface area contributed by atoms with Crippen molar-refractivity contribution in [1.82, 2.24) is 10.3 Å². The van der Waals surface area contributed by atoms with Crippen LogP contribution < -0.4 is 5.32 Å². The largest absolute Gasteiger partial charge is 0.308 e. The minimum absolute atomic E-state index is 0.408. The molecule has 0 aromatic carbocycles. The SMILES string of the molecule is CCCCNC(C)c1nc(C)cs1. The molecule has 1 aromatic heterocycles. The molecule has 0 radical (unpaired) electrons. The molecule has 74 valence electrons. The Kier molecular flexibility index (Phi) is 4.39. The number of nitrogens with one attached hydrogen (secondary N) is 1. The van der Waals surface area contributed by atoms with E-state index in [1.165, 1.54) is 17.8 Å². The Balaban J connectivity index is 2.35. The highest BCUT2D eigenvalue weighted by Crippen LogP contribution is 2.16. The second-order valence-corrected chi connectivity index (χ2v) is 4.25. The van der Waals surface area contributed by atoms with Crippen LogP contribution in [0.15, 0.2) is 5.38 Å². The van der Waals surface area contributed by atoms with Gasteiger partial charge in [0, 0.05) is 11.1 Å². The van der Waals surface area contributed by atoms with Gasteiger partial charge in [-0.2, -0.15) is 0 Å². The fraction of sp³-hybridized carbons (Fsp3) is 0.700. The van der Waals surface area contributed by atoms with Gasteiger partial charge in [0.15, 0.2) is 0 Å². The zero-order chi connectivity index (χ0) is 9.68. The molecule has 0 bridgehead atoms. The summed E-state index contributed by atoms with van der Waals surface area (Å²) in [5.41, 5.74) is 1.13. The van der Waals surface area contributed by atoms with Crippen molar-refractivity contribution in [2.24, 2.45) is 0 Å². The van der Waals surface area contributed by atoms with Crippen molar-refractivity contribution in [2.45, 2.75) is 39.7 Å². The second kappa shape index (κ2) is 5.35. The van der Waals surface area contributed by atoms with E-state index in [4.69, 9.17) is 0 Å². The van der Waals surface area contributed by atoms with Gasteiger partial charge in [-0.3, -0.25) is 0 Å². The zero-order valence-electron chi connectivity index (χ0n) is 8.63. The molecule has 1 rings (SSSR count). The molecule has 3 heteroatoms. The maximum absolute atomic E-state index is 4.45. The first-order chi connectivity index (χ1) is 6.24. The van der Waals surface area contributed by atoms with E-state index in [1.54, 1.807) is 11.3 Å². The molecule has 1 heterocycles. The van der Waals surface area contributed by atoms with Gasteiger partial charge < -0.3 is 5.32 Å². The first kappa shape index (κ1) is 10.7. The summed E-state index contributed by atoms with van der Waals surface area (Å²) in [4.78, 5) is 4.45. The van der Waals surface area contributed by atoms with Crippen molar-refractivity contribution in [3.8, 4) is 0 Å². The van der Waals surface area contributed by atoms with Crippen molar-refractivity contribution in [3.63, 3.8) is 0 Å². The summed E-state index contributed by atoms with van der Waals surface area (Å²) < 4.78 is 0. The van der Waals surface area contributed by atoms with E-state index in [1.807, 2.05) is 6.92 Å².